The molecule has 0 aromatic carbocycles. The van der Waals surface area contributed by atoms with Crippen molar-refractivity contribution in [3.05, 3.63) is 12.3 Å². The van der Waals surface area contributed by atoms with Gasteiger partial charge < -0.3 is 9.47 Å². The Labute approximate surface area is 87.3 Å². The van der Waals surface area contributed by atoms with Crippen LogP contribution >= 0.6 is 0 Å². The van der Waals surface area contributed by atoms with Crippen molar-refractivity contribution in [2.75, 3.05) is 19.8 Å². The molecule has 0 aromatic rings. The van der Waals surface area contributed by atoms with Crippen molar-refractivity contribution >= 4 is 0 Å². The molecule has 2 nitrogen and oxygen atoms in total. The van der Waals surface area contributed by atoms with E-state index in [0.29, 0.717) is 5.92 Å². The van der Waals surface area contributed by atoms with Crippen LogP contribution in [-0.2, 0) is 9.47 Å². The highest BCUT2D eigenvalue weighted by Crippen LogP contribution is 2.17. The van der Waals surface area contributed by atoms with Crippen molar-refractivity contribution in [3.8, 4) is 0 Å². The summed E-state index contributed by atoms with van der Waals surface area (Å²) in [5.74, 6) is 0.709. The second-order valence-corrected chi connectivity index (χ2v) is 3.92. The minimum Gasteiger partial charge on any atom is -0.502 e. The first-order chi connectivity index (χ1) is 6.93. The van der Waals surface area contributed by atoms with Crippen molar-refractivity contribution in [1.82, 2.24) is 0 Å². The molecule has 0 amide bonds. The van der Waals surface area contributed by atoms with Gasteiger partial charge in [0.2, 0.25) is 0 Å². The maximum absolute atomic E-state index is 5.57. The van der Waals surface area contributed by atoms with Crippen LogP contribution in [0, 0.1) is 5.92 Å². The van der Waals surface area contributed by atoms with Crippen LogP contribution in [0.5, 0.6) is 0 Å². The smallest absolute Gasteiger partial charge is 0.0876 e. The molecule has 2 heteroatoms. The Kier molecular flexibility index (Phi) is 6.50. The monoisotopic (exact) mass is 198 g/mol. The van der Waals surface area contributed by atoms with Gasteiger partial charge in [-0.25, -0.2) is 0 Å². The minimum absolute atomic E-state index is 0.709. The van der Waals surface area contributed by atoms with Gasteiger partial charge in [-0.15, -0.1) is 0 Å². The summed E-state index contributed by atoms with van der Waals surface area (Å²) >= 11 is 0. The SMILES string of the molecule is C/C=C/OCCC1CCCCCOC1. The Morgan fingerprint density at radius 1 is 1.36 bits per heavy atom. The van der Waals surface area contributed by atoms with Gasteiger partial charge in [0.1, 0.15) is 0 Å². The van der Waals surface area contributed by atoms with Crippen molar-refractivity contribution < 1.29 is 9.47 Å². The summed E-state index contributed by atoms with van der Waals surface area (Å²) in [7, 11) is 0. The van der Waals surface area contributed by atoms with Crippen LogP contribution in [0.4, 0.5) is 0 Å². The van der Waals surface area contributed by atoms with Crippen LogP contribution in [0.25, 0.3) is 0 Å². The minimum atomic E-state index is 0.709. The number of hydrogen-bond donors (Lipinski definition) is 0. The van der Waals surface area contributed by atoms with Crippen LogP contribution in [0.15, 0.2) is 12.3 Å². The molecular weight excluding hydrogens is 176 g/mol. The third-order valence-electron chi connectivity index (χ3n) is 2.63. The maximum atomic E-state index is 5.57. The van der Waals surface area contributed by atoms with Crippen LogP contribution < -0.4 is 0 Å². The van der Waals surface area contributed by atoms with E-state index >= 15 is 0 Å². The molecule has 82 valence electrons. The zero-order chi connectivity index (χ0) is 10.1. The van der Waals surface area contributed by atoms with Crippen molar-refractivity contribution in [1.29, 1.82) is 0 Å². The van der Waals surface area contributed by atoms with Gasteiger partial charge in [-0.05, 0) is 32.1 Å². The van der Waals surface area contributed by atoms with Crippen LogP contribution in [0.2, 0.25) is 0 Å². The quantitative estimate of drug-likeness (QED) is 0.510. The molecule has 14 heavy (non-hydrogen) atoms. The average molecular weight is 198 g/mol. The fourth-order valence-corrected chi connectivity index (χ4v) is 1.77. The third-order valence-corrected chi connectivity index (χ3v) is 2.63. The van der Waals surface area contributed by atoms with Crippen LogP contribution in [0.1, 0.15) is 39.0 Å². The maximum Gasteiger partial charge on any atom is 0.0876 e. The van der Waals surface area contributed by atoms with E-state index in [1.165, 1.54) is 25.7 Å². The van der Waals surface area contributed by atoms with Gasteiger partial charge in [0.15, 0.2) is 0 Å². The standard InChI is InChI=1S/C12H22O2/c1-2-8-13-10-7-12-6-4-3-5-9-14-11-12/h2,8,12H,3-7,9-11H2,1H3/b8-2+. The van der Waals surface area contributed by atoms with E-state index in [1.54, 1.807) is 6.26 Å². The summed E-state index contributed by atoms with van der Waals surface area (Å²) in [6, 6.07) is 0. The topological polar surface area (TPSA) is 18.5 Å². The van der Waals surface area contributed by atoms with E-state index in [2.05, 4.69) is 0 Å². The van der Waals surface area contributed by atoms with E-state index in [4.69, 9.17) is 9.47 Å². The average Bonchev–Trinajstić information content (AvgIpc) is 2.15. The molecule has 0 radical (unpaired) electrons. The normalized spacial score (nSPS) is 24.5. The van der Waals surface area contributed by atoms with Gasteiger partial charge >= 0.3 is 0 Å². The number of allylic oxidation sites excluding steroid dienone is 1. The van der Waals surface area contributed by atoms with E-state index in [9.17, 15) is 0 Å². The van der Waals surface area contributed by atoms with Gasteiger partial charge in [0.25, 0.3) is 0 Å². The molecule has 1 unspecified atom stereocenters. The van der Waals surface area contributed by atoms with Gasteiger partial charge in [-0.1, -0.05) is 18.9 Å². The molecule has 1 aliphatic heterocycles. The number of hydrogen-bond acceptors (Lipinski definition) is 2. The highest BCUT2D eigenvalue weighted by molar-refractivity contribution is 4.66. The van der Waals surface area contributed by atoms with Gasteiger partial charge in [0, 0.05) is 13.2 Å². The molecule has 1 rings (SSSR count). The first kappa shape index (κ1) is 11.6. The summed E-state index contributed by atoms with van der Waals surface area (Å²) in [4.78, 5) is 0. The van der Waals surface area contributed by atoms with Gasteiger partial charge in [-0.2, -0.15) is 0 Å². The molecule has 0 aromatic heterocycles. The number of ether oxygens (including phenoxy) is 2. The van der Waals surface area contributed by atoms with E-state index < -0.39 is 0 Å². The summed E-state index contributed by atoms with van der Waals surface area (Å²) in [5.41, 5.74) is 0. The van der Waals surface area contributed by atoms with E-state index in [0.717, 1.165) is 26.2 Å². The summed E-state index contributed by atoms with van der Waals surface area (Å²) in [6.07, 6.45) is 10.0. The van der Waals surface area contributed by atoms with Gasteiger partial charge in [-0.3, -0.25) is 0 Å². The molecule has 1 heterocycles. The van der Waals surface area contributed by atoms with Crippen molar-refractivity contribution in [3.63, 3.8) is 0 Å². The Morgan fingerprint density at radius 2 is 2.29 bits per heavy atom. The van der Waals surface area contributed by atoms with E-state index in [1.807, 2.05) is 13.0 Å². The first-order valence-corrected chi connectivity index (χ1v) is 5.74. The second kappa shape index (κ2) is 7.86. The zero-order valence-corrected chi connectivity index (χ0v) is 9.21. The van der Waals surface area contributed by atoms with Crippen molar-refractivity contribution in [2.45, 2.75) is 39.0 Å². The second-order valence-electron chi connectivity index (χ2n) is 3.92. The predicted octanol–water partition coefficient (Wildman–Crippen LogP) is 3.13. The predicted molar refractivity (Wildman–Crippen MR) is 58.2 cm³/mol. The summed E-state index contributed by atoms with van der Waals surface area (Å²) in [6.45, 7) is 4.68. The third kappa shape index (κ3) is 5.28. The lowest BCUT2D eigenvalue weighted by molar-refractivity contribution is 0.0687. The van der Waals surface area contributed by atoms with Crippen LogP contribution in [-0.4, -0.2) is 19.8 Å². The summed E-state index contributed by atoms with van der Waals surface area (Å²) < 4.78 is 10.9. The highest BCUT2D eigenvalue weighted by Gasteiger charge is 2.11. The first-order valence-electron chi connectivity index (χ1n) is 5.74. The number of rotatable bonds is 4. The summed E-state index contributed by atoms with van der Waals surface area (Å²) in [5, 5.41) is 0. The Hall–Kier alpha value is -0.500. The van der Waals surface area contributed by atoms with Crippen LogP contribution in [0.3, 0.4) is 0 Å². The van der Waals surface area contributed by atoms with E-state index in [-0.39, 0.29) is 0 Å². The fourth-order valence-electron chi connectivity index (χ4n) is 1.77. The zero-order valence-electron chi connectivity index (χ0n) is 9.21. The molecule has 0 spiro atoms. The molecule has 0 aliphatic carbocycles. The molecule has 0 saturated carbocycles. The van der Waals surface area contributed by atoms with Gasteiger partial charge in [0.05, 0.1) is 12.9 Å². The Balaban J connectivity index is 2.07. The molecule has 1 aliphatic rings. The molecule has 1 saturated heterocycles. The highest BCUT2D eigenvalue weighted by atomic mass is 16.5. The molecular formula is C12H22O2. The Bertz CT molecular complexity index is 146. The molecule has 0 N–H and O–H groups in total. The lowest BCUT2D eigenvalue weighted by Gasteiger charge is -2.19. The molecule has 0 bridgehead atoms. The van der Waals surface area contributed by atoms with Crippen molar-refractivity contribution in [2.24, 2.45) is 5.92 Å². The molecule has 1 atom stereocenters. The largest absolute Gasteiger partial charge is 0.502 e. The Morgan fingerprint density at radius 3 is 3.14 bits per heavy atom. The lowest BCUT2D eigenvalue weighted by atomic mass is 9.98. The molecule has 1 fully saturated rings. The fraction of sp³-hybridized carbons (Fsp3) is 0.833. The lowest BCUT2D eigenvalue weighted by Crippen LogP contribution is -2.15.